The summed E-state index contributed by atoms with van der Waals surface area (Å²) in [7, 11) is 1.44. The zero-order valence-corrected chi connectivity index (χ0v) is 39.8. The topological polar surface area (TPSA) is 108 Å². The summed E-state index contributed by atoms with van der Waals surface area (Å²) in [6.45, 7) is 4.24. The Morgan fingerprint density at radius 3 is 1.43 bits per heavy atom. The van der Waals surface area contributed by atoms with Crippen LogP contribution in [-0.2, 0) is 32.7 Å². The molecule has 0 rings (SSSR count). The Kier molecular flexibility index (Phi) is 40.0. The summed E-state index contributed by atoms with van der Waals surface area (Å²) in [5.41, 5.74) is 0. The van der Waals surface area contributed by atoms with Gasteiger partial charge in [0.05, 0.1) is 27.7 Å². The number of hydrogen-bond acceptors (Lipinski definition) is 7. The second kappa shape index (κ2) is 41.8. The van der Waals surface area contributed by atoms with Crippen LogP contribution in [0.4, 0.5) is 0 Å². The van der Waals surface area contributed by atoms with Crippen molar-refractivity contribution < 1.29 is 42.1 Å². The summed E-state index contributed by atoms with van der Waals surface area (Å²) in [6, 6.07) is 0. The minimum atomic E-state index is -4.39. The lowest BCUT2D eigenvalue weighted by Gasteiger charge is -2.24. The Morgan fingerprint density at radius 1 is 0.533 bits per heavy atom. The third-order valence-electron chi connectivity index (χ3n) is 9.72. The molecule has 0 saturated carbocycles. The van der Waals surface area contributed by atoms with Gasteiger partial charge in [0.2, 0.25) is 0 Å². The van der Waals surface area contributed by atoms with Gasteiger partial charge in [-0.2, -0.15) is 0 Å². The van der Waals surface area contributed by atoms with Crippen LogP contribution in [0.15, 0.2) is 72.9 Å². The highest BCUT2D eigenvalue weighted by atomic mass is 31.2. The van der Waals surface area contributed by atoms with Gasteiger partial charge in [-0.1, -0.05) is 157 Å². The SMILES string of the molecule is CC/C=C\C/C=C\C/C=C\CCCCCC(=O)OCC(COP(=O)(O)OCC[N+](C)(C)C)OC(=O)CCCCCCCCCC/C=C\C/C=C\C/C=C\CCCCCCC. The van der Waals surface area contributed by atoms with E-state index in [0.29, 0.717) is 23.9 Å². The second-order valence-electron chi connectivity index (χ2n) is 16.8. The van der Waals surface area contributed by atoms with Crippen molar-refractivity contribution in [3.63, 3.8) is 0 Å². The Balaban J connectivity index is 4.33. The van der Waals surface area contributed by atoms with E-state index in [4.69, 9.17) is 18.5 Å². The fourth-order valence-electron chi connectivity index (χ4n) is 6.03. The number of ether oxygens (including phenoxy) is 2. The molecule has 0 spiro atoms. The van der Waals surface area contributed by atoms with E-state index in [9.17, 15) is 19.0 Å². The highest BCUT2D eigenvalue weighted by Gasteiger charge is 2.27. The van der Waals surface area contributed by atoms with Crippen LogP contribution in [0.2, 0.25) is 0 Å². The number of nitrogens with zero attached hydrogens (tertiary/aromatic N) is 1. The molecule has 0 aliphatic rings. The maximum Gasteiger partial charge on any atom is 0.472 e. The van der Waals surface area contributed by atoms with E-state index in [1.807, 2.05) is 21.1 Å². The Labute approximate surface area is 368 Å². The largest absolute Gasteiger partial charge is 0.472 e. The Hall–Kier alpha value is -2.55. The van der Waals surface area contributed by atoms with Crippen LogP contribution >= 0.6 is 7.82 Å². The predicted octanol–water partition coefficient (Wildman–Crippen LogP) is 13.8. The molecule has 0 aliphatic carbocycles. The van der Waals surface area contributed by atoms with Crippen LogP contribution in [-0.4, -0.2) is 74.9 Å². The van der Waals surface area contributed by atoms with E-state index >= 15 is 0 Å². The summed E-state index contributed by atoms with van der Waals surface area (Å²) in [5, 5.41) is 0. The molecule has 1 N–H and O–H groups in total. The van der Waals surface area contributed by atoms with Gasteiger partial charge >= 0.3 is 19.8 Å². The molecule has 0 aliphatic heterocycles. The molecule has 0 aromatic heterocycles. The molecular formula is C50H89NO8P+. The minimum Gasteiger partial charge on any atom is -0.462 e. The zero-order valence-electron chi connectivity index (χ0n) is 38.9. The van der Waals surface area contributed by atoms with E-state index in [1.165, 1.54) is 64.2 Å². The molecule has 2 atom stereocenters. The lowest BCUT2D eigenvalue weighted by Crippen LogP contribution is -2.37. The number of quaternary nitrogens is 1. The van der Waals surface area contributed by atoms with Crippen molar-refractivity contribution in [3.05, 3.63) is 72.9 Å². The standard InChI is InChI=1S/C50H88NO8P/c1-6-8-10-12-14-16-18-20-21-22-23-24-25-26-27-28-29-31-33-35-37-39-41-43-50(53)59-48(47-58-60(54,55)57-45-44-51(3,4)5)46-56-49(52)42-40-38-36-34-32-30-19-17-15-13-11-9-7-2/h9,11,15,17-18,20,22-23,25-26,30,32,48H,6-8,10,12-14,16,19,21,24,27-29,31,33-47H2,1-5H3/p+1/b11-9-,17-15-,20-18-,23-22-,26-25-,32-30-. The van der Waals surface area contributed by atoms with Gasteiger partial charge in [-0.05, 0) is 83.5 Å². The molecule has 0 aromatic rings. The van der Waals surface area contributed by atoms with E-state index in [-0.39, 0.29) is 26.1 Å². The lowest BCUT2D eigenvalue weighted by molar-refractivity contribution is -0.870. The van der Waals surface area contributed by atoms with Crippen molar-refractivity contribution in [2.24, 2.45) is 0 Å². The summed E-state index contributed by atoms with van der Waals surface area (Å²) < 4.78 is 34.3. The molecule has 0 heterocycles. The summed E-state index contributed by atoms with van der Waals surface area (Å²) >= 11 is 0. The number of allylic oxidation sites excluding steroid dienone is 12. The van der Waals surface area contributed by atoms with E-state index in [1.54, 1.807) is 0 Å². The molecule has 0 aromatic carbocycles. The summed E-state index contributed by atoms with van der Waals surface area (Å²) in [6.07, 6.45) is 52.4. The van der Waals surface area contributed by atoms with E-state index in [2.05, 4.69) is 86.8 Å². The number of carbonyl (C=O) groups is 2. The van der Waals surface area contributed by atoms with Crippen LogP contribution in [0.3, 0.4) is 0 Å². The lowest BCUT2D eigenvalue weighted by atomic mass is 10.1. The highest BCUT2D eigenvalue weighted by molar-refractivity contribution is 7.47. The van der Waals surface area contributed by atoms with Crippen LogP contribution in [0, 0.1) is 0 Å². The quantitative estimate of drug-likeness (QED) is 0.0212. The minimum absolute atomic E-state index is 0.0217. The van der Waals surface area contributed by atoms with E-state index in [0.717, 1.165) is 77.0 Å². The molecule has 60 heavy (non-hydrogen) atoms. The van der Waals surface area contributed by atoms with Crippen molar-refractivity contribution >= 4 is 19.8 Å². The molecule has 0 radical (unpaired) electrons. The summed E-state index contributed by atoms with van der Waals surface area (Å²) in [5.74, 6) is -0.846. The first-order chi connectivity index (χ1) is 29.0. The first-order valence-corrected chi connectivity index (χ1v) is 25.2. The first-order valence-electron chi connectivity index (χ1n) is 23.7. The van der Waals surface area contributed by atoms with Gasteiger partial charge in [-0.25, -0.2) is 4.57 Å². The molecule has 0 amide bonds. The average molecular weight is 863 g/mol. The molecular weight excluding hydrogens is 774 g/mol. The number of likely N-dealkylation sites (N-methyl/N-ethyl adjacent to an activating group) is 1. The maximum absolute atomic E-state index is 12.7. The third-order valence-corrected chi connectivity index (χ3v) is 10.7. The number of rotatable bonds is 42. The van der Waals surface area contributed by atoms with Gasteiger partial charge in [0.1, 0.15) is 19.8 Å². The van der Waals surface area contributed by atoms with Crippen molar-refractivity contribution in [2.75, 3.05) is 47.5 Å². The van der Waals surface area contributed by atoms with Crippen molar-refractivity contribution in [2.45, 2.75) is 187 Å². The molecule has 9 nitrogen and oxygen atoms in total. The fourth-order valence-corrected chi connectivity index (χ4v) is 6.78. The molecule has 10 heteroatoms. The van der Waals surface area contributed by atoms with Crippen molar-refractivity contribution in [3.8, 4) is 0 Å². The third kappa shape index (κ3) is 45.0. The number of phosphoric acid groups is 1. The predicted molar refractivity (Wildman–Crippen MR) is 252 cm³/mol. The van der Waals surface area contributed by atoms with Gasteiger partial charge in [0, 0.05) is 12.8 Å². The number of unbranched alkanes of at least 4 members (excludes halogenated alkanes) is 16. The number of esters is 2. The summed E-state index contributed by atoms with van der Waals surface area (Å²) in [4.78, 5) is 35.4. The molecule has 0 fully saturated rings. The monoisotopic (exact) mass is 863 g/mol. The van der Waals surface area contributed by atoms with Crippen LogP contribution in [0.5, 0.6) is 0 Å². The molecule has 346 valence electrons. The first kappa shape index (κ1) is 57.4. The van der Waals surface area contributed by atoms with Crippen molar-refractivity contribution in [1.82, 2.24) is 0 Å². The number of hydrogen-bond donors (Lipinski definition) is 1. The normalized spacial score (nSPS) is 14.2. The van der Waals surface area contributed by atoms with Gasteiger partial charge in [0.15, 0.2) is 6.10 Å². The maximum atomic E-state index is 12.7. The Bertz CT molecular complexity index is 1250. The fraction of sp³-hybridized carbons (Fsp3) is 0.720. The van der Waals surface area contributed by atoms with Gasteiger partial charge < -0.3 is 18.9 Å². The Morgan fingerprint density at radius 2 is 0.950 bits per heavy atom. The molecule has 0 saturated heterocycles. The van der Waals surface area contributed by atoms with Gasteiger partial charge in [-0.15, -0.1) is 0 Å². The smallest absolute Gasteiger partial charge is 0.462 e. The number of phosphoric ester groups is 1. The molecule has 0 bridgehead atoms. The molecule has 2 unspecified atom stereocenters. The van der Waals surface area contributed by atoms with Gasteiger partial charge in [-0.3, -0.25) is 18.6 Å². The average Bonchev–Trinajstić information content (AvgIpc) is 3.20. The second-order valence-corrected chi connectivity index (χ2v) is 18.2. The van der Waals surface area contributed by atoms with Gasteiger partial charge in [0.25, 0.3) is 0 Å². The zero-order chi connectivity index (χ0) is 44.3. The van der Waals surface area contributed by atoms with E-state index < -0.39 is 32.5 Å². The van der Waals surface area contributed by atoms with Crippen LogP contribution in [0.25, 0.3) is 0 Å². The van der Waals surface area contributed by atoms with Crippen LogP contribution < -0.4 is 0 Å². The van der Waals surface area contributed by atoms with Crippen molar-refractivity contribution in [1.29, 1.82) is 0 Å². The van der Waals surface area contributed by atoms with Crippen LogP contribution in [0.1, 0.15) is 181 Å². The highest BCUT2D eigenvalue weighted by Crippen LogP contribution is 2.43. The number of carbonyl (C=O) groups excluding carboxylic acids is 2.